The standard InChI is InChI=1S/C26H36N4O3.CH2O/c1-6-21-9-7-10-23(17-21)33-19-30(18-22-13-11-20(2)12-14-22)24(26(32)28-4)25(27-3)29(5)15-8-16-31;1-2/h7,9-14,17,31H,3,6,8,15-16,18-19H2,1-2,4-5H3,(H,28,32);1H2/b25-24+;. The molecule has 190 valence electrons. The smallest absolute Gasteiger partial charge is 0.271 e. The average Bonchev–Trinajstić information content (AvgIpc) is 2.90. The van der Waals surface area contributed by atoms with E-state index >= 15 is 0 Å². The molecule has 0 heterocycles. The van der Waals surface area contributed by atoms with E-state index in [-0.39, 0.29) is 19.2 Å². The number of nitrogens with zero attached hydrogens (tertiary/aromatic N) is 3. The van der Waals surface area contributed by atoms with E-state index in [1.165, 1.54) is 5.56 Å². The van der Waals surface area contributed by atoms with Gasteiger partial charge in [-0.3, -0.25) is 4.79 Å². The van der Waals surface area contributed by atoms with Crippen LogP contribution in [0, 0.1) is 6.92 Å². The van der Waals surface area contributed by atoms with Gasteiger partial charge in [0.15, 0.2) is 12.6 Å². The number of likely N-dealkylation sites (N-methyl/N-ethyl adjacent to an activating group) is 1. The SMILES string of the molecule is C=N/C(=C(/C(=O)NC)N(COc1cccc(CC)c1)Cc1ccc(C)cc1)N(C)CCCO.C=O. The predicted molar refractivity (Wildman–Crippen MR) is 140 cm³/mol. The maximum atomic E-state index is 13.1. The minimum atomic E-state index is -0.286. The van der Waals surface area contributed by atoms with Gasteiger partial charge in [-0.2, -0.15) is 0 Å². The predicted octanol–water partition coefficient (Wildman–Crippen LogP) is 3.14. The Morgan fingerprint density at radius 1 is 1.14 bits per heavy atom. The van der Waals surface area contributed by atoms with Crippen LogP contribution in [0.4, 0.5) is 0 Å². The molecule has 0 saturated carbocycles. The van der Waals surface area contributed by atoms with Gasteiger partial charge in [-0.1, -0.05) is 48.9 Å². The highest BCUT2D eigenvalue weighted by Gasteiger charge is 2.24. The molecular formula is C27H38N4O4. The summed E-state index contributed by atoms with van der Waals surface area (Å²) in [5.41, 5.74) is 3.74. The molecule has 0 unspecified atom stereocenters. The molecule has 0 aliphatic heterocycles. The first-order valence-electron chi connectivity index (χ1n) is 11.5. The Labute approximate surface area is 208 Å². The number of aliphatic imine (C=N–C) groups is 1. The first-order chi connectivity index (χ1) is 16.9. The normalized spacial score (nSPS) is 10.9. The number of aliphatic hydroxyl groups is 1. The van der Waals surface area contributed by atoms with Crippen molar-refractivity contribution in [2.24, 2.45) is 4.99 Å². The Balaban J connectivity index is 0.00000298. The molecule has 0 saturated heterocycles. The van der Waals surface area contributed by atoms with Crippen LogP contribution < -0.4 is 10.1 Å². The van der Waals surface area contributed by atoms with Gasteiger partial charge in [0.2, 0.25) is 0 Å². The molecule has 2 N–H and O–H groups in total. The highest BCUT2D eigenvalue weighted by Crippen LogP contribution is 2.21. The summed E-state index contributed by atoms with van der Waals surface area (Å²) in [6, 6.07) is 16.1. The van der Waals surface area contributed by atoms with Crippen LogP contribution in [0.15, 0.2) is 65.0 Å². The second-order valence-electron chi connectivity index (χ2n) is 7.87. The summed E-state index contributed by atoms with van der Waals surface area (Å²) in [6.07, 6.45) is 1.46. The summed E-state index contributed by atoms with van der Waals surface area (Å²) in [4.78, 5) is 28.9. The van der Waals surface area contributed by atoms with Gasteiger partial charge in [0.1, 0.15) is 18.2 Å². The fourth-order valence-corrected chi connectivity index (χ4v) is 3.41. The Morgan fingerprint density at radius 3 is 2.40 bits per heavy atom. The van der Waals surface area contributed by atoms with Crippen molar-refractivity contribution >= 4 is 19.4 Å². The lowest BCUT2D eigenvalue weighted by Gasteiger charge is -2.30. The summed E-state index contributed by atoms with van der Waals surface area (Å²) in [7, 11) is 3.42. The topological polar surface area (TPSA) is 94.5 Å². The van der Waals surface area contributed by atoms with Gasteiger partial charge in [-0.05, 0) is 49.7 Å². The summed E-state index contributed by atoms with van der Waals surface area (Å²) >= 11 is 0. The van der Waals surface area contributed by atoms with E-state index in [9.17, 15) is 9.90 Å². The van der Waals surface area contributed by atoms with E-state index in [0.29, 0.717) is 31.0 Å². The molecule has 0 aliphatic rings. The van der Waals surface area contributed by atoms with Crippen LogP contribution in [0.5, 0.6) is 5.75 Å². The molecule has 8 nitrogen and oxygen atoms in total. The Hall–Kier alpha value is -3.65. The molecule has 0 aliphatic carbocycles. The van der Waals surface area contributed by atoms with Gasteiger partial charge in [0.05, 0.1) is 0 Å². The largest absolute Gasteiger partial charge is 0.473 e. The van der Waals surface area contributed by atoms with Gasteiger partial charge in [0, 0.05) is 33.8 Å². The van der Waals surface area contributed by atoms with Gasteiger partial charge < -0.3 is 29.8 Å². The van der Waals surface area contributed by atoms with Crippen molar-refractivity contribution in [2.75, 3.05) is 34.0 Å². The molecule has 0 atom stereocenters. The number of aryl methyl sites for hydroxylation is 2. The van der Waals surface area contributed by atoms with Crippen LogP contribution in [-0.2, 0) is 22.6 Å². The van der Waals surface area contributed by atoms with Gasteiger partial charge >= 0.3 is 0 Å². The number of amides is 1. The quantitative estimate of drug-likeness (QED) is 0.259. The van der Waals surface area contributed by atoms with E-state index in [0.717, 1.165) is 23.3 Å². The maximum Gasteiger partial charge on any atom is 0.271 e. The highest BCUT2D eigenvalue weighted by molar-refractivity contribution is 5.93. The molecule has 2 rings (SSSR count). The van der Waals surface area contributed by atoms with Gasteiger partial charge in [-0.25, -0.2) is 4.99 Å². The molecule has 0 fully saturated rings. The van der Waals surface area contributed by atoms with E-state index in [1.54, 1.807) is 7.05 Å². The van der Waals surface area contributed by atoms with E-state index < -0.39 is 0 Å². The summed E-state index contributed by atoms with van der Waals surface area (Å²) in [5.74, 6) is 0.883. The molecular weight excluding hydrogens is 444 g/mol. The minimum Gasteiger partial charge on any atom is -0.473 e. The third kappa shape index (κ3) is 9.25. The number of benzene rings is 2. The summed E-state index contributed by atoms with van der Waals surface area (Å²) < 4.78 is 6.13. The lowest BCUT2D eigenvalue weighted by Crippen LogP contribution is -2.39. The molecule has 0 bridgehead atoms. The zero-order valence-electron chi connectivity index (χ0n) is 21.3. The van der Waals surface area contributed by atoms with Gasteiger partial charge in [0.25, 0.3) is 5.91 Å². The van der Waals surface area contributed by atoms with Crippen molar-refractivity contribution in [3.05, 3.63) is 76.7 Å². The molecule has 35 heavy (non-hydrogen) atoms. The van der Waals surface area contributed by atoms with Crippen molar-refractivity contribution in [3.63, 3.8) is 0 Å². The van der Waals surface area contributed by atoms with Crippen LogP contribution in [-0.4, -0.2) is 68.3 Å². The number of carbonyl (C=O) groups excluding carboxylic acids is 2. The molecule has 0 aromatic heterocycles. The number of nitrogens with one attached hydrogen (secondary N) is 1. The fourth-order valence-electron chi connectivity index (χ4n) is 3.41. The molecule has 1 amide bonds. The molecule has 0 spiro atoms. The van der Waals surface area contributed by atoms with Crippen molar-refractivity contribution in [1.82, 2.24) is 15.1 Å². The van der Waals surface area contributed by atoms with E-state index in [4.69, 9.17) is 9.53 Å². The van der Waals surface area contributed by atoms with Crippen molar-refractivity contribution in [1.29, 1.82) is 0 Å². The van der Waals surface area contributed by atoms with Crippen molar-refractivity contribution in [2.45, 2.75) is 33.2 Å². The molecule has 8 heteroatoms. The Morgan fingerprint density at radius 2 is 1.83 bits per heavy atom. The van der Waals surface area contributed by atoms with E-state index in [2.05, 4.69) is 30.0 Å². The minimum absolute atomic E-state index is 0.0496. The number of carbonyl (C=O) groups is 2. The van der Waals surface area contributed by atoms with E-state index in [1.807, 2.05) is 73.0 Å². The third-order valence-electron chi connectivity index (χ3n) is 5.32. The first kappa shape index (κ1) is 29.4. The van der Waals surface area contributed by atoms with Gasteiger partial charge in [-0.15, -0.1) is 0 Å². The first-order valence-corrected chi connectivity index (χ1v) is 11.5. The molecule has 0 radical (unpaired) electrons. The number of ether oxygens (including phenoxy) is 1. The number of rotatable bonds is 13. The van der Waals surface area contributed by atoms with Crippen LogP contribution in [0.25, 0.3) is 0 Å². The van der Waals surface area contributed by atoms with Crippen LogP contribution in [0.1, 0.15) is 30.0 Å². The molecule has 2 aromatic carbocycles. The highest BCUT2D eigenvalue weighted by atomic mass is 16.5. The Kier molecular flexibility index (Phi) is 13.5. The zero-order chi connectivity index (χ0) is 26.2. The van der Waals surface area contributed by atoms with Crippen molar-refractivity contribution in [3.8, 4) is 5.75 Å². The number of aliphatic hydroxyl groups excluding tert-OH is 1. The number of hydrogen-bond donors (Lipinski definition) is 2. The van der Waals surface area contributed by atoms with Crippen LogP contribution >= 0.6 is 0 Å². The fraction of sp³-hybridized carbons (Fsp3) is 0.370. The zero-order valence-corrected chi connectivity index (χ0v) is 21.3. The van der Waals surface area contributed by atoms with Crippen LogP contribution in [0.3, 0.4) is 0 Å². The monoisotopic (exact) mass is 482 g/mol. The second kappa shape index (κ2) is 16.1. The average molecular weight is 483 g/mol. The van der Waals surface area contributed by atoms with Crippen LogP contribution in [0.2, 0.25) is 0 Å². The summed E-state index contributed by atoms with van der Waals surface area (Å²) in [5, 5.41) is 12.0. The lowest BCUT2D eigenvalue weighted by molar-refractivity contribution is -0.119. The maximum absolute atomic E-state index is 13.1. The molecule has 2 aromatic rings. The second-order valence-corrected chi connectivity index (χ2v) is 7.87. The third-order valence-corrected chi connectivity index (χ3v) is 5.32. The Bertz CT molecular complexity index is 960. The van der Waals surface area contributed by atoms with Crippen molar-refractivity contribution < 1.29 is 19.4 Å². The number of hydrogen-bond acceptors (Lipinski definition) is 7. The summed E-state index contributed by atoms with van der Waals surface area (Å²) in [6.45, 7) is 11.0. The lowest BCUT2D eigenvalue weighted by atomic mass is 10.1.